The Balaban J connectivity index is 1.40. The first-order valence-electron chi connectivity index (χ1n) is 9.86. The minimum atomic E-state index is -0.530. The number of hydrogen-bond donors (Lipinski definition) is 2. The molecular formula is C22H21BrN4O3S. The fourth-order valence-electron chi connectivity index (χ4n) is 3.48. The second kappa shape index (κ2) is 9.65. The smallest absolute Gasteiger partial charge is 0.240 e. The van der Waals surface area contributed by atoms with Crippen LogP contribution in [0.25, 0.3) is 0 Å². The average molecular weight is 501 g/mol. The van der Waals surface area contributed by atoms with E-state index in [2.05, 4.69) is 36.8 Å². The number of nitrogens with zero attached hydrogens (tertiary/aromatic N) is 2. The topological polar surface area (TPSA) is 92.2 Å². The monoisotopic (exact) mass is 500 g/mol. The standard InChI is InChI=1S/C22H21BrN4O3S/c1-30-16-9-10-17-13(11-16)3-2-4-18(17)26-27-22-25-21(29)19(31-22)12-20(28)24-15-7-5-14(23)6-8-15/h5-11,19H,2-4,12H2,1H3,(H,24,28)(H,25,27,29)/b26-18-. The van der Waals surface area contributed by atoms with Crippen molar-refractivity contribution in [3.05, 3.63) is 58.1 Å². The number of amides is 2. The van der Waals surface area contributed by atoms with Gasteiger partial charge in [0.25, 0.3) is 0 Å². The summed E-state index contributed by atoms with van der Waals surface area (Å²) in [4.78, 5) is 24.6. The molecule has 0 saturated carbocycles. The van der Waals surface area contributed by atoms with Gasteiger partial charge in [-0.05, 0) is 67.3 Å². The van der Waals surface area contributed by atoms with Crippen molar-refractivity contribution in [2.45, 2.75) is 30.9 Å². The van der Waals surface area contributed by atoms with Crippen molar-refractivity contribution < 1.29 is 14.3 Å². The summed E-state index contributed by atoms with van der Waals surface area (Å²) in [6.45, 7) is 0. The van der Waals surface area contributed by atoms with Gasteiger partial charge in [-0.25, -0.2) is 0 Å². The van der Waals surface area contributed by atoms with E-state index in [9.17, 15) is 9.59 Å². The van der Waals surface area contributed by atoms with Gasteiger partial charge in [-0.15, -0.1) is 5.10 Å². The molecule has 160 valence electrons. The van der Waals surface area contributed by atoms with Gasteiger partial charge in [0, 0.05) is 22.1 Å². The lowest BCUT2D eigenvalue weighted by atomic mass is 9.90. The average Bonchev–Trinajstić information content (AvgIpc) is 3.12. The van der Waals surface area contributed by atoms with Crippen LogP contribution < -0.4 is 15.4 Å². The predicted octanol–water partition coefficient (Wildman–Crippen LogP) is 4.11. The number of halogens is 1. The summed E-state index contributed by atoms with van der Waals surface area (Å²) < 4.78 is 6.23. The van der Waals surface area contributed by atoms with E-state index in [1.165, 1.54) is 17.3 Å². The number of rotatable bonds is 5. The maximum atomic E-state index is 12.3. The molecule has 1 saturated heterocycles. The van der Waals surface area contributed by atoms with Gasteiger partial charge >= 0.3 is 0 Å². The molecule has 0 radical (unpaired) electrons. The molecule has 1 aliphatic carbocycles. The van der Waals surface area contributed by atoms with E-state index in [0.717, 1.165) is 40.8 Å². The van der Waals surface area contributed by atoms with Gasteiger partial charge in [0.2, 0.25) is 11.8 Å². The van der Waals surface area contributed by atoms with E-state index >= 15 is 0 Å². The first-order valence-corrected chi connectivity index (χ1v) is 11.5. The van der Waals surface area contributed by atoms with Gasteiger partial charge in [-0.2, -0.15) is 5.10 Å². The molecule has 2 N–H and O–H groups in total. The molecule has 2 aromatic rings. The highest BCUT2D eigenvalue weighted by molar-refractivity contribution is 9.10. The van der Waals surface area contributed by atoms with Gasteiger partial charge in [0.1, 0.15) is 11.0 Å². The number of nitrogens with one attached hydrogen (secondary N) is 2. The number of methoxy groups -OCH3 is 1. The van der Waals surface area contributed by atoms with Gasteiger partial charge in [-0.1, -0.05) is 27.7 Å². The van der Waals surface area contributed by atoms with Crippen LogP contribution in [0.1, 0.15) is 30.4 Å². The molecule has 1 atom stereocenters. The summed E-state index contributed by atoms with van der Waals surface area (Å²) >= 11 is 4.59. The molecular weight excluding hydrogens is 480 g/mol. The van der Waals surface area contributed by atoms with Gasteiger partial charge in [0.05, 0.1) is 12.8 Å². The fraction of sp³-hybridized carbons (Fsp3) is 0.273. The van der Waals surface area contributed by atoms with Crippen LogP contribution in [0, 0.1) is 0 Å². The number of thioether (sulfide) groups is 1. The van der Waals surface area contributed by atoms with Crippen LogP contribution >= 0.6 is 27.7 Å². The van der Waals surface area contributed by atoms with Crippen LogP contribution in [0.4, 0.5) is 5.69 Å². The summed E-state index contributed by atoms with van der Waals surface area (Å²) in [5.74, 6) is 0.371. The number of hydrogen-bond acceptors (Lipinski definition) is 6. The van der Waals surface area contributed by atoms with Crippen molar-refractivity contribution in [3.8, 4) is 5.75 Å². The van der Waals surface area contributed by atoms with Crippen LogP contribution in [-0.4, -0.2) is 35.1 Å². The lowest BCUT2D eigenvalue weighted by Crippen LogP contribution is -2.28. The summed E-state index contributed by atoms with van der Waals surface area (Å²) in [5, 5.41) is 14.1. The predicted molar refractivity (Wildman–Crippen MR) is 127 cm³/mol. The zero-order valence-corrected chi connectivity index (χ0v) is 19.3. The molecule has 2 aliphatic rings. The minimum Gasteiger partial charge on any atom is -0.497 e. The third kappa shape index (κ3) is 5.34. The number of benzene rings is 2. The van der Waals surface area contributed by atoms with Gasteiger partial charge < -0.3 is 15.4 Å². The lowest BCUT2D eigenvalue weighted by Gasteiger charge is -2.17. The van der Waals surface area contributed by atoms with Crippen LogP contribution in [-0.2, 0) is 16.0 Å². The SMILES string of the molecule is COc1ccc2c(c1)CCC/C2=N/N=C1\NC(=O)C(CC(=O)Nc2ccc(Br)cc2)S1. The van der Waals surface area contributed by atoms with E-state index < -0.39 is 5.25 Å². The van der Waals surface area contributed by atoms with E-state index in [1.807, 2.05) is 30.3 Å². The van der Waals surface area contributed by atoms with Crippen molar-refractivity contribution in [2.24, 2.45) is 10.2 Å². The Morgan fingerprint density at radius 1 is 1.23 bits per heavy atom. The zero-order chi connectivity index (χ0) is 21.8. The maximum absolute atomic E-state index is 12.3. The highest BCUT2D eigenvalue weighted by atomic mass is 79.9. The Morgan fingerprint density at radius 2 is 2.03 bits per heavy atom. The first-order chi connectivity index (χ1) is 15.0. The number of anilines is 1. The number of carbonyl (C=O) groups is 2. The number of amidine groups is 1. The Hall–Kier alpha value is -2.65. The van der Waals surface area contributed by atoms with Crippen LogP contribution in [0.5, 0.6) is 5.75 Å². The van der Waals surface area contributed by atoms with Crippen molar-refractivity contribution in [2.75, 3.05) is 12.4 Å². The van der Waals surface area contributed by atoms with Crippen LogP contribution in [0.2, 0.25) is 0 Å². The van der Waals surface area contributed by atoms with Crippen LogP contribution in [0.15, 0.2) is 57.1 Å². The molecule has 9 heteroatoms. The molecule has 7 nitrogen and oxygen atoms in total. The second-order valence-corrected chi connectivity index (χ2v) is 9.29. The molecule has 0 bridgehead atoms. The van der Waals surface area contributed by atoms with Crippen molar-refractivity contribution in [3.63, 3.8) is 0 Å². The van der Waals surface area contributed by atoms with E-state index in [0.29, 0.717) is 10.9 Å². The molecule has 1 unspecified atom stereocenters. The molecule has 31 heavy (non-hydrogen) atoms. The highest BCUT2D eigenvalue weighted by Gasteiger charge is 2.32. The minimum absolute atomic E-state index is 0.0603. The van der Waals surface area contributed by atoms with Crippen molar-refractivity contribution >= 4 is 56.1 Å². The number of aryl methyl sites for hydroxylation is 1. The maximum Gasteiger partial charge on any atom is 0.240 e. The zero-order valence-electron chi connectivity index (χ0n) is 16.9. The summed E-state index contributed by atoms with van der Waals surface area (Å²) in [7, 11) is 1.65. The van der Waals surface area contributed by atoms with Crippen molar-refractivity contribution in [1.82, 2.24) is 5.32 Å². The van der Waals surface area contributed by atoms with E-state index in [4.69, 9.17) is 4.74 Å². The Bertz CT molecular complexity index is 1070. The number of fused-ring (bicyclic) bond motifs is 1. The molecule has 0 aromatic heterocycles. The molecule has 0 spiro atoms. The third-order valence-electron chi connectivity index (χ3n) is 5.02. The Kier molecular flexibility index (Phi) is 6.72. The Labute approximate surface area is 192 Å². The molecule has 4 rings (SSSR count). The summed E-state index contributed by atoms with van der Waals surface area (Å²) in [5.41, 5.74) is 3.83. The molecule has 2 aromatic carbocycles. The van der Waals surface area contributed by atoms with E-state index in [1.54, 1.807) is 19.2 Å². The van der Waals surface area contributed by atoms with Crippen LogP contribution in [0.3, 0.4) is 0 Å². The molecule has 1 fully saturated rings. The first kappa shape index (κ1) is 21.6. The van der Waals surface area contributed by atoms with Gasteiger partial charge in [0.15, 0.2) is 5.17 Å². The normalized spacial score (nSPS) is 20.5. The Morgan fingerprint density at radius 3 is 2.81 bits per heavy atom. The number of carbonyl (C=O) groups excluding carboxylic acids is 2. The number of ether oxygens (including phenoxy) is 1. The third-order valence-corrected chi connectivity index (χ3v) is 6.62. The van der Waals surface area contributed by atoms with Gasteiger partial charge in [-0.3, -0.25) is 9.59 Å². The summed E-state index contributed by atoms with van der Waals surface area (Å²) in [6, 6.07) is 13.2. The van der Waals surface area contributed by atoms with Crippen molar-refractivity contribution in [1.29, 1.82) is 0 Å². The summed E-state index contributed by atoms with van der Waals surface area (Å²) in [6.07, 6.45) is 2.85. The largest absolute Gasteiger partial charge is 0.497 e. The highest BCUT2D eigenvalue weighted by Crippen LogP contribution is 2.27. The lowest BCUT2D eigenvalue weighted by molar-refractivity contribution is -0.122. The van der Waals surface area contributed by atoms with E-state index in [-0.39, 0.29) is 18.2 Å². The fourth-order valence-corrected chi connectivity index (χ4v) is 4.66. The quantitative estimate of drug-likeness (QED) is 0.604. The molecule has 1 heterocycles. The molecule has 1 aliphatic heterocycles. The molecule has 2 amide bonds. The second-order valence-electron chi connectivity index (χ2n) is 7.18.